The van der Waals surface area contributed by atoms with Crippen molar-refractivity contribution in [1.82, 2.24) is 5.32 Å². The third-order valence-corrected chi connectivity index (χ3v) is 2.52. The molecule has 3 nitrogen and oxygen atoms in total. The lowest BCUT2D eigenvalue weighted by Crippen LogP contribution is -2.41. The summed E-state index contributed by atoms with van der Waals surface area (Å²) in [6.45, 7) is 3.94. The molecule has 3 heteroatoms. The molecule has 0 aromatic heterocycles. The molecule has 0 unspecified atom stereocenters. The quantitative estimate of drug-likeness (QED) is 0.767. The minimum atomic E-state index is -0.107. The smallest absolute Gasteiger partial charge is 0.243 e. The fraction of sp³-hybridized carbons (Fsp3) is 0.417. The Balaban J connectivity index is 2.04. The van der Waals surface area contributed by atoms with Crippen molar-refractivity contribution in [3.63, 3.8) is 0 Å². The van der Waals surface area contributed by atoms with Gasteiger partial charge in [0.15, 0.2) is 0 Å². The number of rotatable bonds is 2. The van der Waals surface area contributed by atoms with E-state index in [1.54, 1.807) is 0 Å². The molecule has 1 aromatic carbocycles. The van der Waals surface area contributed by atoms with Crippen LogP contribution in [0, 0.1) is 0 Å². The number of nitrogens with one attached hydrogen (secondary N) is 2. The maximum atomic E-state index is 11.8. The normalized spacial score (nSPS) is 18.5. The summed E-state index contributed by atoms with van der Waals surface area (Å²) in [7, 11) is 0. The van der Waals surface area contributed by atoms with Crippen molar-refractivity contribution in [1.29, 1.82) is 0 Å². The molecular formula is C12H16N2O. The molecule has 1 heterocycles. The first kappa shape index (κ1) is 10.0. The first-order valence-electron chi connectivity index (χ1n) is 5.31. The molecule has 0 radical (unpaired) electrons. The topological polar surface area (TPSA) is 41.1 Å². The lowest BCUT2D eigenvalue weighted by Gasteiger charge is -2.14. The molecule has 1 aliphatic heterocycles. The average molecular weight is 204 g/mol. The second-order valence-electron chi connectivity index (χ2n) is 4.22. The Morgan fingerprint density at radius 1 is 1.47 bits per heavy atom. The highest BCUT2D eigenvalue weighted by Gasteiger charge is 2.26. The molecular weight excluding hydrogens is 188 g/mol. The number of hydrogen-bond donors (Lipinski definition) is 2. The van der Waals surface area contributed by atoms with Crippen molar-refractivity contribution in [2.45, 2.75) is 32.4 Å². The minimum absolute atomic E-state index is 0.0844. The first-order chi connectivity index (χ1) is 7.16. The van der Waals surface area contributed by atoms with Gasteiger partial charge in [0.05, 0.1) is 0 Å². The van der Waals surface area contributed by atoms with Gasteiger partial charge in [-0.25, -0.2) is 0 Å². The van der Waals surface area contributed by atoms with Gasteiger partial charge in [-0.15, -0.1) is 0 Å². The Morgan fingerprint density at radius 2 is 2.20 bits per heavy atom. The van der Waals surface area contributed by atoms with Gasteiger partial charge in [0.2, 0.25) is 5.91 Å². The predicted molar refractivity (Wildman–Crippen MR) is 60.8 cm³/mol. The van der Waals surface area contributed by atoms with Crippen molar-refractivity contribution in [3.05, 3.63) is 29.8 Å². The van der Waals surface area contributed by atoms with Gasteiger partial charge in [0.1, 0.15) is 6.04 Å². The van der Waals surface area contributed by atoms with E-state index >= 15 is 0 Å². The van der Waals surface area contributed by atoms with Crippen LogP contribution in [-0.4, -0.2) is 18.0 Å². The fourth-order valence-corrected chi connectivity index (χ4v) is 1.84. The van der Waals surface area contributed by atoms with Gasteiger partial charge in [-0.3, -0.25) is 4.79 Å². The maximum Gasteiger partial charge on any atom is 0.243 e. The zero-order valence-corrected chi connectivity index (χ0v) is 9.08. The summed E-state index contributed by atoms with van der Waals surface area (Å²) in [4.78, 5) is 11.8. The van der Waals surface area contributed by atoms with E-state index < -0.39 is 0 Å². The Hall–Kier alpha value is -1.51. The van der Waals surface area contributed by atoms with Gasteiger partial charge < -0.3 is 10.6 Å². The average Bonchev–Trinajstić information content (AvgIpc) is 2.59. The van der Waals surface area contributed by atoms with Crippen molar-refractivity contribution in [2.24, 2.45) is 0 Å². The van der Waals surface area contributed by atoms with Gasteiger partial charge >= 0.3 is 0 Å². The summed E-state index contributed by atoms with van der Waals surface area (Å²) in [5.74, 6) is 0.0844. The number of benzene rings is 1. The molecule has 1 atom stereocenters. The predicted octanol–water partition coefficient (Wildman–Crippen LogP) is 1.55. The van der Waals surface area contributed by atoms with Crippen LogP contribution in [0.3, 0.4) is 0 Å². The Bertz CT molecular complexity index is 349. The molecule has 0 bridgehead atoms. The van der Waals surface area contributed by atoms with Gasteiger partial charge in [-0.05, 0) is 25.5 Å². The highest BCUT2D eigenvalue weighted by molar-refractivity contribution is 5.87. The Labute approximate surface area is 89.9 Å². The van der Waals surface area contributed by atoms with Crippen LogP contribution in [0.15, 0.2) is 24.3 Å². The maximum absolute atomic E-state index is 11.8. The number of amides is 1. The van der Waals surface area contributed by atoms with Crippen LogP contribution < -0.4 is 10.6 Å². The van der Waals surface area contributed by atoms with Crippen LogP contribution in [-0.2, 0) is 11.2 Å². The molecule has 1 amide bonds. The second kappa shape index (κ2) is 3.93. The van der Waals surface area contributed by atoms with Crippen molar-refractivity contribution in [3.8, 4) is 0 Å². The monoisotopic (exact) mass is 204 g/mol. The lowest BCUT2D eigenvalue weighted by molar-refractivity contribution is -0.122. The van der Waals surface area contributed by atoms with Crippen LogP contribution in [0.5, 0.6) is 0 Å². The zero-order valence-electron chi connectivity index (χ0n) is 9.08. The molecule has 0 aliphatic carbocycles. The van der Waals surface area contributed by atoms with E-state index in [9.17, 15) is 4.79 Å². The first-order valence-corrected chi connectivity index (χ1v) is 5.31. The van der Waals surface area contributed by atoms with Crippen LogP contribution in [0.4, 0.5) is 5.69 Å². The Morgan fingerprint density at radius 3 is 2.87 bits per heavy atom. The summed E-state index contributed by atoms with van der Waals surface area (Å²) >= 11 is 0. The molecule has 1 aromatic rings. The second-order valence-corrected chi connectivity index (χ2v) is 4.22. The van der Waals surface area contributed by atoms with E-state index in [0.717, 1.165) is 12.1 Å². The van der Waals surface area contributed by atoms with E-state index in [1.807, 2.05) is 32.0 Å². The fourth-order valence-electron chi connectivity index (χ4n) is 1.84. The molecule has 0 spiro atoms. The zero-order chi connectivity index (χ0) is 10.8. The number of carbonyl (C=O) groups excluding carboxylic acids is 1. The Kier molecular flexibility index (Phi) is 2.62. The summed E-state index contributed by atoms with van der Waals surface area (Å²) in [6.07, 6.45) is 0.786. The number of anilines is 1. The molecule has 2 N–H and O–H groups in total. The number of fused-ring (bicyclic) bond motifs is 1. The molecule has 1 aliphatic rings. The molecule has 15 heavy (non-hydrogen) atoms. The van der Waals surface area contributed by atoms with Crippen molar-refractivity contribution < 1.29 is 4.79 Å². The summed E-state index contributed by atoms with van der Waals surface area (Å²) in [5.41, 5.74) is 2.31. The van der Waals surface area contributed by atoms with Gasteiger partial charge in [0, 0.05) is 18.2 Å². The summed E-state index contributed by atoms with van der Waals surface area (Å²) < 4.78 is 0. The van der Waals surface area contributed by atoms with Crippen molar-refractivity contribution in [2.75, 3.05) is 5.32 Å². The number of carbonyl (C=O) groups is 1. The van der Waals surface area contributed by atoms with Gasteiger partial charge in [0.25, 0.3) is 0 Å². The van der Waals surface area contributed by atoms with Crippen molar-refractivity contribution >= 4 is 11.6 Å². The van der Waals surface area contributed by atoms with E-state index in [4.69, 9.17) is 0 Å². The molecule has 80 valence electrons. The van der Waals surface area contributed by atoms with Crippen LogP contribution >= 0.6 is 0 Å². The SMILES string of the molecule is CC(C)NC(=O)[C@@H]1Cc2ccccc2N1. The minimum Gasteiger partial charge on any atom is -0.373 e. The van der Waals surface area contributed by atoms with Gasteiger partial charge in [-0.1, -0.05) is 18.2 Å². The number of para-hydroxylation sites is 1. The highest BCUT2D eigenvalue weighted by Crippen LogP contribution is 2.24. The largest absolute Gasteiger partial charge is 0.373 e. The number of hydrogen-bond acceptors (Lipinski definition) is 2. The van der Waals surface area contributed by atoms with Crippen LogP contribution in [0.25, 0.3) is 0 Å². The molecule has 2 rings (SSSR count). The van der Waals surface area contributed by atoms with Crippen LogP contribution in [0.2, 0.25) is 0 Å². The summed E-state index contributed by atoms with van der Waals surface area (Å²) in [6, 6.07) is 8.15. The third-order valence-electron chi connectivity index (χ3n) is 2.52. The molecule has 0 saturated carbocycles. The standard InChI is InChI=1S/C12H16N2O/c1-8(2)13-12(15)11-7-9-5-3-4-6-10(9)14-11/h3-6,8,11,14H,7H2,1-2H3,(H,13,15)/t11-/m0/s1. The van der Waals surface area contributed by atoms with E-state index in [1.165, 1.54) is 5.56 Å². The summed E-state index contributed by atoms with van der Waals surface area (Å²) in [5, 5.41) is 6.15. The van der Waals surface area contributed by atoms with E-state index in [-0.39, 0.29) is 18.0 Å². The van der Waals surface area contributed by atoms with E-state index in [0.29, 0.717) is 0 Å². The van der Waals surface area contributed by atoms with Gasteiger partial charge in [-0.2, -0.15) is 0 Å². The third kappa shape index (κ3) is 2.12. The van der Waals surface area contributed by atoms with Crippen LogP contribution in [0.1, 0.15) is 19.4 Å². The molecule has 0 saturated heterocycles. The highest BCUT2D eigenvalue weighted by atomic mass is 16.2. The molecule has 0 fully saturated rings. The van der Waals surface area contributed by atoms with E-state index in [2.05, 4.69) is 16.7 Å². The lowest BCUT2D eigenvalue weighted by atomic mass is 10.1.